The van der Waals surface area contributed by atoms with Gasteiger partial charge in [0.2, 0.25) is 0 Å². The average molecular weight is 254 g/mol. The number of aromatic amines is 1. The molecule has 3 heteroatoms. The van der Waals surface area contributed by atoms with Crippen molar-refractivity contribution in [3.05, 3.63) is 65.6 Å². The van der Waals surface area contributed by atoms with E-state index in [1.54, 1.807) is 0 Å². The van der Waals surface area contributed by atoms with Crippen molar-refractivity contribution in [2.24, 2.45) is 0 Å². The zero-order valence-electron chi connectivity index (χ0n) is 10.7. The molecular formula is C16H15FN2. The van der Waals surface area contributed by atoms with Crippen LogP contribution in [0.3, 0.4) is 0 Å². The van der Waals surface area contributed by atoms with Crippen molar-refractivity contribution in [1.82, 2.24) is 4.98 Å². The molecule has 2 N–H and O–H groups in total. The van der Waals surface area contributed by atoms with Gasteiger partial charge in [-0.25, -0.2) is 4.39 Å². The topological polar surface area (TPSA) is 27.8 Å². The number of anilines is 1. The molecule has 0 radical (unpaired) electrons. The summed E-state index contributed by atoms with van der Waals surface area (Å²) in [5.74, 6) is -0.207. The number of aromatic nitrogens is 1. The summed E-state index contributed by atoms with van der Waals surface area (Å²) >= 11 is 0. The predicted octanol–water partition coefficient (Wildman–Crippen LogP) is 4.23. The maximum absolute atomic E-state index is 13.3. The van der Waals surface area contributed by atoms with Crippen LogP contribution in [0.1, 0.15) is 11.1 Å². The van der Waals surface area contributed by atoms with Gasteiger partial charge in [0.1, 0.15) is 5.82 Å². The fourth-order valence-electron chi connectivity index (χ4n) is 2.31. The molecule has 1 aromatic heterocycles. The molecule has 0 saturated carbocycles. The molecule has 0 bridgehead atoms. The molecule has 0 amide bonds. The number of halogens is 1. The Bertz CT molecular complexity index is 695. The molecule has 0 saturated heterocycles. The Balaban J connectivity index is 1.82. The van der Waals surface area contributed by atoms with E-state index in [1.807, 2.05) is 37.4 Å². The highest BCUT2D eigenvalue weighted by molar-refractivity contribution is 5.83. The molecule has 3 aromatic rings. The maximum Gasteiger partial charge on any atom is 0.125 e. The van der Waals surface area contributed by atoms with Crippen molar-refractivity contribution >= 4 is 16.6 Å². The monoisotopic (exact) mass is 254 g/mol. The molecule has 2 nitrogen and oxygen atoms in total. The van der Waals surface area contributed by atoms with Gasteiger partial charge in [-0.15, -0.1) is 0 Å². The summed E-state index contributed by atoms with van der Waals surface area (Å²) in [5, 5.41) is 4.46. The largest absolute Gasteiger partial charge is 0.381 e. The Hall–Kier alpha value is -2.29. The van der Waals surface area contributed by atoms with Crippen LogP contribution in [0.25, 0.3) is 10.9 Å². The second-order valence-electron chi connectivity index (χ2n) is 4.73. The van der Waals surface area contributed by atoms with E-state index in [1.165, 1.54) is 23.1 Å². The van der Waals surface area contributed by atoms with E-state index in [9.17, 15) is 4.39 Å². The quantitative estimate of drug-likeness (QED) is 0.719. The molecule has 0 spiro atoms. The van der Waals surface area contributed by atoms with Gasteiger partial charge < -0.3 is 10.3 Å². The van der Waals surface area contributed by atoms with E-state index in [2.05, 4.69) is 16.4 Å². The number of rotatable bonds is 3. The SMILES string of the molecule is Cc1cc(F)cc(NCc2c[nH]c3ccccc23)c1. The van der Waals surface area contributed by atoms with Crippen molar-refractivity contribution in [3.63, 3.8) is 0 Å². The molecule has 0 aliphatic heterocycles. The minimum absolute atomic E-state index is 0.207. The van der Waals surface area contributed by atoms with Crippen LogP contribution < -0.4 is 5.32 Å². The number of nitrogens with one attached hydrogen (secondary N) is 2. The number of aryl methyl sites for hydroxylation is 1. The Morgan fingerprint density at radius 3 is 2.84 bits per heavy atom. The molecule has 96 valence electrons. The first-order valence-electron chi connectivity index (χ1n) is 6.28. The van der Waals surface area contributed by atoms with E-state index in [-0.39, 0.29) is 5.82 Å². The fraction of sp³-hybridized carbons (Fsp3) is 0.125. The van der Waals surface area contributed by atoms with Crippen LogP contribution in [-0.2, 0) is 6.54 Å². The number of hydrogen-bond donors (Lipinski definition) is 2. The lowest BCUT2D eigenvalue weighted by Crippen LogP contribution is -1.99. The lowest BCUT2D eigenvalue weighted by Gasteiger charge is -2.07. The summed E-state index contributed by atoms with van der Waals surface area (Å²) in [6, 6.07) is 13.1. The number of hydrogen-bond acceptors (Lipinski definition) is 1. The maximum atomic E-state index is 13.3. The van der Waals surface area contributed by atoms with Crippen molar-refractivity contribution in [2.45, 2.75) is 13.5 Å². The van der Waals surface area contributed by atoms with E-state index >= 15 is 0 Å². The van der Waals surface area contributed by atoms with Gasteiger partial charge in [0.05, 0.1) is 0 Å². The summed E-state index contributed by atoms with van der Waals surface area (Å²) in [6.45, 7) is 2.56. The van der Waals surface area contributed by atoms with Crippen molar-refractivity contribution in [1.29, 1.82) is 0 Å². The third kappa shape index (κ3) is 2.45. The number of H-pyrrole nitrogens is 1. The van der Waals surface area contributed by atoms with Crippen LogP contribution in [-0.4, -0.2) is 4.98 Å². The van der Waals surface area contributed by atoms with Gasteiger partial charge in [-0.2, -0.15) is 0 Å². The molecule has 3 rings (SSSR count). The molecule has 0 fully saturated rings. The zero-order valence-corrected chi connectivity index (χ0v) is 10.7. The normalized spacial score (nSPS) is 10.8. The third-order valence-electron chi connectivity index (χ3n) is 3.20. The van der Waals surface area contributed by atoms with Gasteiger partial charge in [-0.1, -0.05) is 18.2 Å². The van der Waals surface area contributed by atoms with E-state index in [4.69, 9.17) is 0 Å². The van der Waals surface area contributed by atoms with E-state index in [0.29, 0.717) is 6.54 Å². The van der Waals surface area contributed by atoms with Crippen LogP contribution in [0.15, 0.2) is 48.7 Å². The Kier molecular flexibility index (Phi) is 2.95. The first-order chi connectivity index (χ1) is 9.22. The highest BCUT2D eigenvalue weighted by Gasteiger charge is 2.03. The third-order valence-corrected chi connectivity index (χ3v) is 3.20. The van der Waals surface area contributed by atoms with Gasteiger partial charge in [-0.05, 0) is 42.3 Å². The van der Waals surface area contributed by atoms with Crippen LogP contribution in [0.2, 0.25) is 0 Å². The zero-order chi connectivity index (χ0) is 13.2. The summed E-state index contributed by atoms with van der Waals surface area (Å²) in [7, 11) is 0. The molecule has 19 heavy (non-hydrogen) atoms. The van der Waals surface area contributed by atoms with Gasteiger partial charge in [0.15, 0.2) is 0 Å². The highest BCUT2D eigenvalue weighted by atomic mass is 19.1. The first kappa shape index (κ1) is 11.8. The van der Waals surface area contributed by atoms with E-state index < -0.39 is 0 Å². The summed E-state index contributed by atoms with van der Waals surface area (Å²) in [6.07, 6.45) is 1.99. The number of para-hydroxylation sites is 1. The van der Waals surface area contributed by atoms with Gasteiger partial charge >= 0.3 is 0 Å². The minimum Gasteiger partial charge on any atom is -0.381 e. The second-order valence-corrected chi connectivity index (χ2v) is 4.73. The van der Waals surface area contributed by atoms with Crippen LogP contribution >= 0.6 is 0 Å². The number of benzene rings is 2. The van der Waals surface area contributed by atoms with Gasteiger partial charge in [-0.3, -0.25) is 0 Å². The molecule has 0 unspecified atom stereocenters. The smallest absolute Gasteiger partial charge is 0.125 e. The highest BCUT2D eigenvalue weighted by Crippen LogP contribution is 2.20. The van der Waals surface area contributed by atoms with Gasteiger partial charge in [0, 0.05) is 29.3 Å². The average Bonchev–Trinajstić information content (AvgIpc) is 2.78. The Labute approximate surface area is 111 Å². The molecule has 0 aliphatic carbocycles. The Morgan fingerprint density at radius 1 is 1.16 bits per heavy atom. The van der Waals surface area contributed by atoms with Crippen LogP contribution in [0.5, 0.6) is 0 Å². The lowest BCUT2D eigenvalue weighted by atomic mass is 10.1. The van der Waals surface area contributed by atoms with E-state index in [0.717, 1.165) is 16.8 Å². The van der Waals surface area contributed by atoms with Crippen LogP contribution in [0, 0.1) is 12.7 Å². The van der Waals surface area contributed by atoms with Gasteiger partial charge in [0.25, 0.3) is 0 Å². The first-order valence-corrected chi connectivity index (χ1v) is 6.28. The molecule has 0 aliphatic rings. The Morgan fingerprint density at radius 2 is 2.00 bits per heavy atom. The fourth-order valence-corrected chi connectivity index (χ4v) is 2.31. The molecular weight excluding hydrogens is 239 g/mol. The van der Waals surface area contributed by atoms with Crippen molar-refractivity contribution in [2.75, 3.05) is 5.32 Å². The predicted molar refractivity (Wildman–Crippen MR) is 76.8 cm³/mol. The number of fused-ring (bicyclic) bond motifs is 1. The molecule has 1 heterocycles. The van der Waals surface area contributed by atoms with Crippen molar-refractivity contribution in [3.8, 4) is 0 Å². The van der Waals surface area contributed by atoms with Crippen molar-refractivity contribution < 1.29 is 4.39 Å². The minimum atomic E-state index is -0.207. The lowest BCUT2D eigenvalue weighted by molar-refractivity contribution is 0.627. The second kappa shape index (κ2) is 4.76. The molecule has 0 atom stereocenters. The summed E-state index contributed by atoms with van der Waals surface area (Å²) in [5.41, 5.74) is 4.02. The summed E-state index contributed by atoms with van der Waals surface area (Å²) < 4.78 is 13.3. The standard InChI is InChI=1S/C16H15FN2/c1-11-6-13(17)8-14(7-11)18-9-12-10-19-16-5-3-2-4-15(12)16/h2-8,10,18-19H,9H2,1H3. The summed E-state index contributed by atoms with van der Waals surface area (Å²) in [4.78, 5) is 3.23. The van der Waals surface area contributed by atoms with Crippen LogP contribution in [0.4, 0.5) is 10.1 Å². The molecule has 2 aromatic carbocycles.